The van der Waals surface area contributed by atoms with E-state index in [4.69, 9.17) is 4.74 Å². The van der Waals surface area contributed by atoms with Crippen LogP contribution in [-0.4, -0.2) is 23.7 Å². The number of carbonyl (C=O) groups is 1. The molecule has 0 saturated heterocycles. The van der Waals surface area contributed by atoms with Crippen molar-refractivity contribution in [1.29, 1.82) is 0 Å². The summed E-state index contributed by atoms with van der Waals surface area (Å²) in [5.41, 5.74) is 1.92. The first-order valence-corrected chi connectivity index (χ1v) is 7.62. The number of hydrogen-bond acceptors (Lipinski definition) is 4. The molecule has 21 heavy (non-hydrogen) atoms. The molecule has 0 radical (unpaired) electrons. The van der Waals surface area contributed by atoms with Crippen molar-refractivity contribution in [2.24, 2.45) is 5.10 Å². The van der Waals surface area contributed by atoms with E-state index in [1.807, 2.05) is 35.7 Å². The number of rotatable bonds is 3. The van der Waals surface area contributed by atoms with Crippen molar-refractivity contribution in [2.75, 3.05) is 7.11 Å². The molecule has 0 spiro atoms. The number of carbonyl (C=O) groups excluding carboxylic acids is 1. The molecule has 4 nitrogen and oxygen atoms in total. The lowest BCUT2D eigenvalue weighted by atomic mass is 10.0. The van der Waals surface area contributed by atoms with Crippen LogP contribution in [0.3, 0.4) is 0 Å². The van der Waals surface area contributed by atoms with Crippen LogP contribution >= 0.6 is 11.3 Å². The Kier molecular flexibility index (Phi) is 3.75. The fraction of sp³-hybridized carbons (Fsp3) is 0.250. The van der Waals surface area contributed by atoms with Gasteiger partial charge >= 0.3 is 0 Å². The smallest absolute Gasteiger partial charge is 0.240 e. The molecule has 1 amide bonds. The molecule has 3 rings (SSSR count). The molecule has 0 N–H and O–H groups in total. The van der Waals surface area contributed by atoms with E-state index in [-0.39, 0.29) is 11.9 Å². The number of thiophene rings is 1. The zero-order valence-corrected chi connectivity index (χ0v) is 12.8. The quantitative estimate of drug-likeness (QED) is 0.871. The average molecular weight is 300 g/mol. The highest BCUT2D eigenvalue weighted by Crippen LogP contribution is 2.35. The van der Waals surface area contributed by atoms with Gasteiger partial charge in [0.15, 0.2) is 0 Å². The summed E-state index contributed by atoms with van der Waals surface area (Å²) in [7, 11) is 1.64. The lowest BCUT2D eigenvalue weighted by Gasteiger charge is -2.18. The van der Waals surface area contributed by atoms with E-state index in [1.54, 1.807) is 30.4 Å². The van der Waals surface area contributed by atoms with Gasteiger partial charge in [-0.1, -0.05) is 18.2 Å². The van der Waals surface area contributed by atoms with E-state index in [1.165, 1.54) is 0 Å². The summed E-state index contributed by atoms with van der Waals surface area (Å²) in [4.78, 5) is 13.0. The Labute approximate surface area is 127 Å². The summed E-state index contributed by atoms with van der Waals surface area (Å²) in [5.74, 6) is 0.760. The summed E-state index contributed by atoms with van der Waals surface area (Å²) in [5, 5.41) is 8.13. The van der Waals surface area contributed by atoms with E-state index in [2.05, 4.69) is 11.2 Å². The number of nitrogens with zero attached hydrogens (tertiary/aromatic N) is 2. The predicted molar refractivity (Wildman–Crippen MR) is 83.7 cm³/mol. The minimum atomic E-state index is -0.0358. The minimum Gasteiger partial charge on any atom is -0.497 e. The molecule has 108 valence electrons. The molecule has 0 fully saturated rings. The third-order valence-corrected chi connectivity index (χ3v) is 4.48. The molecule has 1 aliphatic rings. The van der Waals surface area contributed by atoms with Crippen molar-refractivity contribution in [2.45, 2.75) is 19.4 Å². The zero-order chi connectivity index (χ0) is 14.8. The third-order valence-electron chi connectivity index (χ3n) is 3.51. The van der Waals surface area contributed by atoms with Crippen LogP contribution in [0.1, 0.15) is 29.8 Å². The highest BCUT2D eigenvalue weighted by molar-refractivity contribution is 7.10. The lowest BCUT2D eigenvalue weighted by Crippen LogP contribution is -2.23. The predicted octanol–water partition coefficient (Wildman–Crippen LogP) is 3.45. The molecular weight excluding hydrogens is 284 g/mol. The Morgan fingerprint density at radius 2 is 2.24 bits per heavy atom. The number of hydrazone groups is 1. The monoisotopic (exact) mass is 300 g/mol. The van der Waals surface area contributed by atoms with Crippen molar-refractivity contribution in [3.8, 4) is 5.75 Å². The van der Waals surface area contributed by atoms with Gasteiger partial charge in [-0.2, -0.15) is 5.10 Å². The zero-order valence-electron chi connectivity index (χ0n) is 11.9. The molecule has 2 aromatic rings. The highest BCUT2D eigenvalue weighted by Gasteiger charge is 2.31. The van der Waals surface area contributed by atoms with Gasteiger partial charge < -0.3 is 4.74 Å². The Hall–Kier alpha value is -2.14. The molecule has 0 aliphatic carbocycles. The summed E-state index contributed by atoms with van der Waals surface area (Å²) in [6.07, 6.45) is 0.729. The van der Waals surface area contributed by atoms with Crippen molar-refractivity contribution in [1.82, 2.24) is 5.01 Å². The maximum absolute atomic E-state index is 11.9. The first-order valence-electron chi connectivity index (χ1n) is 6.74. The first-order chi connectivity index (χ1) is 10.2. The van der Waals surface area contributed by atoms with Gasteiger partial charge in [0, 0.05) is 23.8 Å². The highest BCUT2D eigenvalue weighted by atomic mass is 32.1. The fourth-order valence-corrected chi connectivity index (χ4v) is 3.29. The molecule has 0 bridgehead atoms. The van der Waals surface area contributed by atoms with Gasteiger partial charge in [0.2, 0.25) is 5.91 Å². The van der Waals surface area contributed by atoms with E-state index in [9.17, 15) is 4.79 Å². The Bertz CT molecular complexity index is 679. The van der Waals surface area contributed by atoms with E-state index < -0.39 is 0 Å². The van der Waals surface area contributed by atoms with Crippen molar-refractivity contribution >= 4 is 23.0 Å². The molecule has 1 aromatic heterocycles. The van der Waals surface area contributed by atoms with Crippen LogP contribution < -0.4 is 4.74 Å². The summed E-state index contributed by atoms with van der Waals surface area (Å²) in [6.45, 7) is 1.55. The topological polar surface area (TPSA) is 41.9 Å². The molecule has 5 heteroatoms. The molecule has 2 heterocycles. The summed E-state index contributed by atoms with van der Waals surface area (Å²) < 4.78 is 5.25. The Balaban J connectivity index is 1.93. The molecule has 0 unspecified atom stereocenters. The second kappa shape index (κ2) is 5.69. The molecular formula is C16H16N2O2S. The van der Waals surface area contributed by atoms with Gasteiger partial charge in [0.05, 0.1) is 18.9 Å². The maximum Gasteiger partial charge on any atom is 0.240 e. The van der Waals surface area contributed by atoms with E-state index in [0.29, 0.717) is 0 Å². The number of amides is 1. The minimum absolute atomic E-state index is 0.00343. The van der Waals surface area contributed by atoms with Crippen LogP contribution in [0.25, 0.3) is 0 Å². The van der Waals surface area contributed by atoms with Crippen LogP contribution in [0, 0.1) is 0 Å². The van der Waals surface area contributed by atoms with Crippen LogP contribution in [-0.2, 0) is 4.79 Å². The van der Waals surface area contributed by atoms with Gasteiger partial charge in [-0.05, 0) is 23.6 Å². The van der Waals surface area contributed by atoms with Gasteiger partial charge in [0.25, 0.3) is 0 Å². The standard InChI is InChI=1S/C16H16N2O2S/c1-11(19)18-15(16-7-4-8-21-16)10-14(17-18)12-5-3-6-13(9-12)20-2/h3-9,15H,10H2,1-2H3/t15-/m1/s1. The SMILES string of the molecule is COc1cccc(C2=NN(C(C)=O)[C@@H](c3cccs3)C2)c1. The second-order valence-electron chi connectivity index (χ2n) is 4.88. The van der Waals surface area contributed by atoms with Gasteiger partial charge in [-0.3, -0.25) is 4.79 Å². The third kappa shape index (κ3) is 2.69. The number of ether oxygens (including phenoxy) is 1. The largest absolute Gasteiger partial charge is 0.497 e. The van der Waals surface area contributed by atoms with E-state index in [0.717, 1.165) is 28.3 Å². The normalized spacial score (nSPS) is 17.7. The summed E-state index contributed by atoms with van der Waals surface area (Å²) >= 11 is 1.65. The summed E-state index contributed by atoms with van der Waals surface area (Å²) in [6, 6.07) is 11.8. The molecule has 1 atom stereocenters. The molecule has 0 saturated carbocycles. The number of benzene rings is 1. The number of methoxy groups -OCH3 is 1. The second-order valence-corrected chi connectivity index (χ2v) is 5.86. The van der Waals surface area contributed by atoms with E-state index >= 15 is 0 Å². The first kappa shape index (κ1) is 13.8. The van der Waals surface area contributed by atoms with Gasteiger partial charge in [-0.15, -0.1) is 11.3 Å². The lowest BCUT2D eigenvalue weighted by molar-refractivity contribution is -0.130. The van der Waals surface area contributed by atoms with Crippen molar-refractivity contribution < 1.29 is 9.53 Å². The van der Waals surface area contributed by atoms with Gasteiger partial charge in [0.1, 0.15) is 5.75 Å². The fourth-order valence-electron chi connectivity index (χ4n) is 2.48. The van der Waals surface area contributed by atoms with Crippen LogP contribution in [0.2, 0.25) is 0 Å². The van der Waals surface area contributed by atoms with Crippen LogP contribution in [0.5, 0.6) is 5.75 Å². The van der Waals surface area contributed by atoms with Crippen molar-refractivity contribution in [3.63, 3.8) is 0 Å². The van der Waals surface area contributed by atoms with Crippen molar-refractivity contribution in [3.05, 3.63) is 52.2 Å². The maximum atomic E-state index is 11.9. The van der Waals surface area contributed by atoms with Gasteiger partial charge in [-0.25, -0.2) is 5.01 Å². The molecule has 1 aromatic carbocycles. The number of hydrogen-bond donors (Lipinski definition) is 0. The molecule has 1 aliphatic heterocycles. The van der Waals surface area contributed by atoms with Crippen LogP contribution in [0.4, 0.5) is 0 Å². The Morgan fingerprint density at radius 3 is 2.90 bits per heavy atom. The average Bonchev–Trinajstić information content (AvgIpc) is 3.16. The van der Waals surface area contributed by atoms with Crippen LogP contribution in [0.15, 0.2) is 46.9 Å². The Morgan fingerprint density at radius 1 is 1.38 bits per heavy atom.